The molecule has 2 heterocycles. The van der Waals surface area contributed by atoms with Gasteiger partial charge in [-0.05, 0) is 63.5 Å². The number of nitrogens with zero attached hydrogens (tertiary/aromatic N) is 2. The van der Waals surface area contributed by atoms with Gasteiger partial charge in [-0.25, -0.2) is 0 Å². The van der Waals surface area contributed by atoms with Crippen molar-refractivity contribution in [1.29, 1.82) is 0 Å². The molecule has 2 aliphatic heterocycles. The summed E-state index contributed by atoms with van der Waals surface area (Å²) in [4.78, 5) is 30.0. The predicted octanol–water partition coefficient (Wildman–Crippen LogP) is 2.90. The molecule has 1 aromatic rings. The van der Waals surface area contributed by atoms with Crippen LogP contribution in [0.2, 0.25) is 0 Å². The number of hydrogen-bond donors (Lipinski definition) is 1. The standard InChI is InChI=1S/C24H33N3O2/c28-22(25-24(12-13-24)20-6-2-1-3-7-20)19-5-4-14-27(17-19)21-10-15-26(16-11-21)23(29)18-8-9-18/h1-3,6-7,18-19,21H,4-5,8-17H2,(H,25,28). The Labute approximate surface area is 173 Å². The SMILES string of the molecule is O=C(NC1(c2ccccc2)CC1)C1CCCN(C2CCN(C(=O)C3CC3)CC2)C1. The van der Waals surface area contributed by atoms with Crippen LogP contribution < -0.4 is 5.32 Å². The molecule has 5 rings (SSSR count). The number of amides is 2. The molecule has 1 unspecified atom stereocenters. The molecule has 4 aliphatic rings. The molecule has 1 atom stereocenters. The van der Waals surface area contributed by atoms with Crippen molar-refractivity contribution < 1.29 is 9.59 Å². The Hall–Kier alpha value is -1.88. The van der Waals surface area contributed by atoms with Crippen molar-refractivity contribution in [3.05, 3.63) is 35.9 Å². The first-order chi connectivity index (χ1) is 14.1. The normalized spacial score (nSPS) is 27.4. The van der Waals surface area contributed by atoms with E-state index >= 15 is 0 Å². The monoisotopic (exact) mass is 395 g/mol. The van der Waals surface area contributed by atoms with E-state index in [9.17, 15) is 9.59 Å². The highest BCUT2D eigenvalue weighted by Gasteiger charge is 2.46. The van der Waals surface area contributed by atoms with Crippen LogP contribution in [0.4, 0.5) is 0 Å². The van der Waals surface area contributed by atoms with Crippen LogP contribution in [0.15, 0.2) is 30.3 Å². The van der Waals surface area contributed by atoms with Crippen LogP contribution >= 0.6 is 0 Å². The van der Waals surface area contributed by atoms with Gasteiger partial charge in [-0.1, -0.05) is 30.3 Å². The van der Waals surface area contributed by atoms with Gasteiger partial charge >= 0.3 is 0 Å². The van der Waals surface area contributed by atoms with Gasteiger partial charge in [0.2, 0.25) is 11.8 Å². The number of likely N-dealkylation sites (tertiary alicyclic amines) is 2. The summed E-state index contributed by atoms with van der Waals surface area (Å²) >= 11 is 0. The lowest BCUT2D eigenvalue weighted by molar-refractivity contribution is -0.134. The molecule has 2 saturated carbocycles. The number of carbonyl (C=O) groups excluding carboxylic acids is 2. The Balaban J connectivity index is 1.15. The minimum Gasteiger partial charge on any atom is -0.346 e. The number of rotatable bonds is 5. The Bertz CT molecular complexity index is 749. The summed E-state index contributed by atoms with van der Waals surface area (Å²) in [5.74, 6) is 1.04. The van der Waals surface area contributed by atoms with Gasteiger partial charge in [-0.15, -0.1) is 0 Å². The van der Waals surface area contributed by atoms with Crippen molar-refractivity contribution in [2.24, 2.45) is 11.8 Å². The lowest BCUT2D eigenvalue weighted by Crippen LogP contribution is -2.52. The van der Waals surface area contributed by atoms with Gasteiger partial charge in [0.1, 0.15) is 0 Å². The molecule has 2 amide bonds. The molecule has 5 heteroatoms. The van der Waals surface area contributed by atoms with Crippen molar-refractivity contribution in [2.45, 2.75) is 62.9 Å². The summed E-state index contributed by atoms with van der Waals surface area (Å²) in [6.45, 7) is 3.75. The molecular formula is C24H33N3O2. The van der Waals surface area contributed by atoms with Gasteiger partial charge < -0.3 is 10.2 Å². The average Bonchev–Trinajstić information content (AvgIpc) is 3.69. The summed E-state index contributed by atoms with van der Waals surface area (Å²) in [5, 5.41) is 3.40. The summed E-state index contributed by atoms with van der Waals surface area (Å²) < 4.78 is 0. The Kier molecular flexibility index (Phi) is 5.10. The maximum absolute atomic E-state index is 13.1. The maximum atomic E-state index is 13.1. The number of hydrogen-bond acceptors (Lipinski definition) is 3. The lowest BCUT2D eigenvalue weighted by atomic mass is 9.92. The number of carbonyl (C=O) groups is 2. The molecule has 1 N–H and O–H groups in total. The van der Waals surface area contributed by atoms with E-state index in [1.807, 2.05) is 6.07 Å². The van der Waals surface area contributed by atoms with Crippen LogP contribution in [0.25, 0.3) is 0 Å². The van der Waals surface area contributed by atoms with Crippen molar-refractivity contribution in [1.82, 2.24) is 15.1 Å². The van der Waals surface area contributed by atoms with Crippen LogP contribution in [0, 0.1) is 11.8 Å². The molecule has 0 radical (unpaired) electrons. The minimum absolute atomic E-state index is 0.0936. The molecule has 0 bridgehead atoms. The quantitative estimate of drug-likeness (QED) is 0.834. The summed E-state index contributed by atoms with van der Waals surface area (Å²) in [6.07, 6.45) is 8.48. The molecular weight excluding hydrogens is 362 g/mol. The van der Waals surface area contributed by atoms with Gasteiger partial charge in [0.15, 0.2) is 0 Å². The molecule has 156 valence electrons. The van der Waals surface area contributed by atoms with Gasteiger partial charge in [-0.3, -0.25) is 14.5 Å². The second-order valence-corrected chi connectivity index (χ2v) is 9.60. The van der Waals surface area contributed by atoms with Crippen molar-refractivity contribution in [3.63, 3.8) is 0 Å². The van der Waals surface area contributed by atoms with E-state index in [-0.39, 0.29) is 17.4 Å². The Morgan fingerprint density at radius 2 is 1.62 bits per heavy atom. The van der Waals surface area contributed by atoms with E-state index in [2.05, 4.69) is 39.4 Å². The summed E-state index contributed by atoms with van der Waals surface area (Å²) in [7, 11) is 0. The molecule has 5 nitrogen and oxygen atoms in total. The number of benzene rings is 1. The first kappa shape index (κ1) is 19.1. The molecule has 4 fully saturated rings. The first-order valence-corrected chi connectivity index (χ1v) is 11.5. The minimum atomic E-state index is -0.116. The fourth-order valence-electron chi connectivity index (χ4n) is 5.30. The largest absolute Gasteiger partial charge is 0.346 e. The summed E-state index contributed by atoms with van der Waals surface area (Å²) in [6, 6.07) is 10.9. The third-order valence-electron chi connectivity index (χ3n) is 7.48. The number of nitrogens with one attached hydrogen (secondary N) is 1. The molecule has 2 aliphatic carbocycles. The van der Waals surface area contributed by atoms with Gasteiger partial charge in [0, 0.05) is 31.6 Å². The van der Waals surface area contributed by atoms with Crippen LogP contribution in [0.5, 0.6) is 0 Å². The fraction of sp³-hybridized carbons (Fsp3) is 0.667. The van der Waals surface area contributed by atoms with E-state index in [0.717, 1.165) is 77.5 Å². The topological polar surface area (TPSA) is 52.7 Å². The maximum Gasteiger partial charge on any atom is 0.225 e. The van der Waals surface area contributed by atoms with Crippen molar-refractivity contribution in [2.75, 3.05) is 26.2 Å². The highest BCUT2D eigenvalue weighted by Crippen LogP contribution is 2.45. The third-order valence-corrected chi connectivity index (χ3v) is 7.48. The third kappa shape index (κ3) is 4.07. The zero-order valence-electron chi connectivity index (χ0n) is 17.3. The van der Waals surface area contributed by atoms with Crippen molar-refractivity contribution in [3.8, 4) is 0 Å². The van der Waals surface area contributed by atoms with Gasteiger partial charge in [0.25, 0.3) is 0 Å². The van der Waals surface area contributed by atoms with Crippen LogP contribution in [0.1, 0.15) is 56.9 Å². The second kappa shape index (κ2) is 7.75. The highest BCUT2D eigenvalue weighted by atomic mass is 16.2. The van der Waals surface area contributed by atoms with Crippen molar-refractivity contribution >= 4 is 11.8 Å². The molecule has 0 aromatic heterocycles. The van der Waals surface area contributed by atoms with E-state index in [1.165, 1.54) is 5.56 Å². The molecule has 1 aromatic carbocycles. The zero-order chi connectivity index (χ0) is 19.8. The van der Waals surface area contributed by atoms with E-state index in [1.54, 1.807) is 0 Å². The van der Waals surface area contributed by atoms with Crippen LogP contribution in [0.3, 0.4) is 0 Å². The second-order valence-electron chi connectivity index (χ2n) is 9.60. The van der Waals surface area contributed by atoms with E-state index in [0.29, 0.717) is 17.9 Å². The van der Waals surface area contributed by atoms with E-state index < -0.39 is 0 Å². The number of piperidine rings is 2. The molecule has 0 spiro atoms. The smallest absolute Gasteiger partial charge is 0.225 e. The van der Waals surface area contributed by atoms with Crippen LogP contribution in [-0.4, -0.2) is 53.8 Å². The lowest BCUT2D eigenvalue weighted by Gasteiger charge is -2.42. The molecule has 29 heavy (non-hydrogen) atoms. The first-order valence-electron chi connectivity index (χ1n) is 11.5. The predicted molar refractivity (Wildman–Crippen MR) is 112 cm³/mol. The van der Waals surface area contributed by atoms with E-state index in [4.69, 9.17) is 0 Å². The average molecular weight is 396 g/mol. The molecule has 2 saturated heterocycles. The highest BCUT2D eigenvalue weighted by molar-refractivity contribution is 5.81. The summed E-state index contributed by atoms with van der Waals surface area (Å²) in [5.41, 5.74) is 1.13. The van der Waals surface area contributed by atoms with Crippen LogP contribution in [-0.2, 0) is 15.1 Å². The Morgan fingerprint density at radius 3 is 2.28 bits per heavy atom. The Morgan fingerprint density at radius 1 is 0.897 bits per heavy atom. The van der Waals surface area contributed by atoms with Gasteiger partial charge in [0.05, 0.1) is 11.5 Å². The fourth-order valence-corrected chi connectivity index (χ4v) is 5.30. The van der Waals surface area contributed by atoms with Gasteiger partial charge in [-0.2, -0.15) is 0 Å². The zero-order valence-corrected chi connectivity index (χ0v) is 17.3.